The van der Waals surface area contributed by atoms with Gasteiger partial charge in [0.2, 0.25) is 0 Å². The van der Waals surface area contributed by atoms with Crippen LogP contribution in [0.2, 0.25) is 0 Å². The van der Waals surface area contributed by atoms with Crippen molar-refractivity contribution < 1.29 is 31.5 Å². The van der Waals surface area contributed by atoms with Gasteiger partial charge in [-0.25, -0.2) is 0 Å². The van der Waals surface area contributed by atoms with E-state index in [0.717, 1.165) is 5.75 Å². The molecule has 3 N–H and O–H groups in total. The maximum Gasteiger partial charge on any atom is 0.320 e. The van der Waals surface area contributed by atoms with E-state index < -0.39 is 12.0 Å². The fraction of sp³-hybridized carbons (Fsp3) is 0.833. The summed E-state index contributed by atoms with van der Waals surface area (Å²) in [5.74, 6) is -0.127. The number of carboxylic acid groups (broad SMARTS) is 1. The Morgan fingerprint density at radius 3 is 2.58 bits per heavy atom. The molecule has 0 amide bonds. The van der Waals surface area contributed by atoms with Gasteiger partial charge in [0.05, 0.1) is 6.73 Å². The molecule has 0 aliphatic rings. The van der Waals surface area contributed by atoms with Gasteiger partial charge in [0.1, 0.15) is 6.04 Å². The van der Waals surface area contributed by atoms with Gasteiger partial charge in [-0.05, 0) is 18.4 Å². The number of rotatable bonds is 6. The van der Waals surface area contributed by atoms with Crippen molar-refractivity contribution in [2.45, 2.75) is 12.5 Å². The molecule has 0 heterocycles. The van der Waals surface area contributed by atoms with Crippen LogP contribution in [0.15, 0.2) is 0 Å². The topological polar surface area (TPSA) is 69.6 Å². The largest absolute Gasteiger partial charge is 0.480 e. The van der Waals surface area contributed by atoms with E-state index in [9.17, 15) is 4.79 Å². The van der Waals surface area contributed by atoms with Crippen molar-refractivity contribution in [2.75, 3.05) is 18.7 Å². The second-order valence-electron chi connectivity index (χ2n) is 2.03. The zero-order valence-electron chi connectivity index (χ0n) is 6.73. The summed E-state index contributed by atoms with van der Waals surface area (Å²) in [5.41, 5.74) is 0. The third kappa shape index (κ3) is 6.91. The Labute approximate surface area is 86.0 Å². The molecule has 0 fully saturated rings. The number of carboxylic acids is 1. The summed E-state index contributed by atoms with van der Waals surface area (Å²) in [5, 5.41) is 19.4. The molecule has 1 atom stereocenters. The van der Waals surface area contributed by atoms with Crippen LogP contribution < -0.4 is 5.32 Å². The van der Waals surface area contributed by atoms with Crippen molar-refractivity contribution in [3.8, 4) is 0 Å². The molecule has 0 radical (unpaired) electrons. The molecule has 6 heteroatoms. The molecule has 0 rings (SSSR count). The van der Waals surface area contributed by atoms with Crippen molar-refractivity contribution >= 4 is 17.7 Å². The number of aliphatic hydroxyl groups is 1. The molecular weight excluding hydrogens is 225 g/mol. The van der Waals surface area contributed by atoms with Gasteiger partial charge in [0.15, 0.2) is 0 Å². The number of aliphatic carboxylic acids is 1. The minimum atomic E-state index is -0.909. The first kappa shape index (κ1) is 14.7. The number of thioether (sulfide) groups is 1. The van der Waals surface area contributed by atoms with Crippen LogP contribution in [0.5, 0.6) is 0 Å². The van der Waals surface area contributed by atoms with Crippen LogP contribution in [0.1, 0.15) is 6.42 Å². The first-order valence-electron chi connectivity index (χ1n) is 3.28. The van der Waals surface area contributed by atoms with Crippen molar-refractivity contribution in [3.63, 3.8) is 0 Å². The summed E-state index contributed by atoms with van der Waals surface area (Å²) < 4.78 is 0. The summed E-state index contributed by atoms with van der Waals surface area (Å²) in [6, 6.07) is -0.618. The summed E-state index contributed by atoms with van der Waals surface area (Å²) >= 11 is 1.59. The van der Waals surface area contributed by atoms with Crippen LogP contribution in [-0.2, 0) is 21.3 Å². The van der Waals surface area contributed by atoms with Crippen molar-refractivity contribution in [1.29, 1.82) is 0 Å². The molecule has 0 saturated carbocycles. The van der Waals surface area contributed by atoms with Crippen LogP contribution in [0.3, 0.4) is 0 Å². The maximum atomic E-state index is 10.4. The average molecular weight is 238 g/mol. The van der Waals surface area contributed by atoms with Gasteiger partial charge in [0, 0.05) is 16.5 Å². The monoisotopic (exact) mass is 237 g/mol. The number of hydrogen-bond acceptors (Lipinski definition) is 4. The van der Waals surface area contributed by atoms with Crippen LogP contribution >= 0.6 is 11.8 Å². The van der Waals surface area contributed by atoms with Crippen LogP contribution in [-0.4, -0.2) is 41.0 Å². The van der Waals surface area contributed by atoms with Crippen molar-refractivity contribution in [3.05, 3.63) is 0 Å². The molecule has 0 aliphatic heterocycles. The van der Waals surface area contributed by atoms with E-state index in [1.165, 1.54) is 0 Å². The molecular formula is C6H13NNiO3S. The Balaban J connectivity index is 0. The minimum absolute atomic E-state index is 0. The number of aliphatic hydroxyl groups excluding tert-OH is 1. The Bertz CT molecular complexity index is 125. The molecule has 0 saturated heterocycles. The van der Waals surface area contributed by atoms with Gasteiger partial charge < -0.3 is 10.2 Å². The average Bonchev–Trinajstić information content (AvgIpc) is 1.97. The molecule has 0 spiro atoms. The van der Waals surface area contributed by atoms with E-state index >= 15 is 0 Å². The Kier molecular flexibility index (Phi) is 11.5. The molecule has 76 valence electrons. The molecule has 1 unspecified atom stereocenters. The fourth-order valence-corrected chi connectivity index (χ4v) is 1.13. The van der Waals surface area contributed by atoms with Crippen LogP contribution in [0.4, 0.5) is 0 Å². The van der Waals surface area contributed by atoms with Crippen LogP contribution in [0.25, 0.3) is 0 Å². The predicted molar refractivity (Wildman–Crippen MR) is 44.6 cm³/mol. The zero-order valence-corrected chi connectivity index (χ0v) is 8.53. The van der Waals surface area contributed by atoms with E-state index in [2.05, 4.69) is 5.32 Å². The van der Waals surface area contributed by atoms with E-state index in [1.54, 1.807) is 11.8 Å². The third-order valence-corrected chi connectivity index (χ3v) is 1.89. The Hall–Kier alpha value is 0.234. The second kappa shape index (κ2) is 9.32. The quantitative estimate of drug-likeness (QED) is 0.439. The standard InChI is InChI=1S/C6H13NO3S.Ni/c1-11-3-2-5(6(9)10)7-4-8;/h5,7-8H,2-4H2,1H3,(H,9,10);. The van der Waals surface area contributed by atoms with Gasteiger partial charge >= 0.3 is 5.97 Å². The molecule has 0 aromatic heterocycles. The van der Waals surface area contributed by atoms with E-state index in [0.29, 0.717) is 6.42 Å². The summed E-state index contributed by atoms with van der Waals surface area (Å²) in [6.45, 7) is -0.286. The molecule has 0 aromatic rings. The summed E-state index contributed by atoms with van der Waals surface area (Å²) in [7, 11) is 0. The summed E-state index contributed by atoms with van der Waals surface area (Å²) in [6.07, 6.45) is 2.45. The van der Waals surface area contributed by atoms with Crippen molar-refractivity contribution in [2.24, 2.45) is 0 Å². The van der Waals surface area contributed by atoms with Gasteiger partial charge in [-0.1, -0.05) is 0 Å². The molecule has 0 aliphatic carbocycles. The normalized spacial score (nSPS) is 11.8. The first-order valence-corrected chi connectivity index (χ1v) is 4.67. The van der Waals surface area contributed by atoms with Crippen molar-refractivity contribution in [1.82, 2.24) is 5.32 Å². The number of nitrogens with one attached hydrogen (secondary N) is 1. The smallest absolute Gasteiger partial charge is 0.320 e. The third-order valence-electron chi connectivity index (χ3n) is 1.25. The van der Waals surface area contributed by atoms with Crippen LogP contribution in [0, 0.1) is 0 Å². The number of hydrogen-bond donors (Lipinski definition) is 3. The molecule has 4 nitrogen and oxygen atoms in total. The fourth-order valence-electron chi connectivity index (χ4n) is 0.659. The van der Waals surface area contributed by atoms with E-state index in [4.69, 9.17) is 10.2 Å². The van der Waals surface area contributed by atoms with Gasteiger partial charge in [-0.15, -0.1) is 0 Å². The minimum Gasteiger partial charge on any atom is -0.480 e. The van der Waals surface area contributed by atoms with Gasteiger partial charge in [-0.2, -0.15) is 11.8 Å². The second-order valence-corrected chi connectivity index (χ2v) is 3.02. The number of carbonyl (C=O) groups is 1. The molecule has 0 bridgehead atoms. The van der Waals surface area contributed by atoms with E-state index in [1.807, 2.05) is 6.26 Å². The summed E-state index contributed by atoms with van der Waals surface area (Å²) in [4.78, 5) is 10.4. The van der Waals surface area contributed by atoms with E-state index in [-0.39, 0.29) is 23.2 Å². The van der Waals surface area contributed by atoms with Gasteiger partial charge in [-0.3, -0.25) is 10.1 Å². The zero-order chi connectivity index (χ0) is 8.69. The van der Waals surface area contributed by atoms with Gasteiger partial charge in [0.25, 0.3) is 0 Å². The first-order chi connectivity index (χ1) is 5.22. The Morgan fingerprint density at radius 1 is 1.67 bits per heavy atom. The molecule has 12 heavy (non-hydrogen) atoms. The SMILES string of the molecule is CSCCC(NCO)C(=O)O.[Ni]. The predicted octanol–water partition coefficient (Wildman–Crippen LogP) is -0.270. The Morgan fingerprint density at radius 2 is 2.25 bits per heavy atom. The molecule has 0 aromatic carbocycles. The maximum absolute atomic E-state index is 10.4.